The lowest BCUT2D eigenvalue weighted by Crippen LogP contribution is -2.25. The molecule has 2 rings (SSSR count). The Morgan fingerprint density at radius 2 is 1.78 bits per heavy atom. The molecule has 1 aromatic rings. The van der Waals surface area contributed by atoms with Crippen molar-refractivity contribution in [1.29, 1.82) is 0 Å². The van der Waals surface area contributed by atoms with Gasteiger partial charge in [-0.25, -0.2) is 9.97 Å². The Morgan fingerprint density at radius 3 is 2.28 bits per heavy atom. The number of aliphatic hydroxyl groups excluding tert-OH is 2. The van der Waals surface area contributed by atoms with Gasteiger partial charge in [0.2, 0.25) is 0 Å². The number of hydrogen-bond donors (Lipinski definition) is 2. The van der Waals surface area contributed by atoms with Crippen LogP contribution in [-0.2, 0) is 5.41 Å². The van der Waals surface area contributed by atoms with Crippen molar-refractivity contribution in [1.82, 2.24) is 9.97 Å². The van der Waals surface area contributed by atoms with E-state index in [-0.39, 0.29) is 5.41 Å². The van der Waals surface area contributed by atoms with Crippen molar-refractivity contribution in [2.75, 3.05) is 18.0 Å². The van der Waals surface area contributed by atoms with Gasteiger partial charge in [-0.1, -0.05) is 20.8 Å². The fraction of sp³-hybridized carbons (Fsp3) is 0.667. The van der Waals surface area contributed by atoms with Crippen LogP contribution in [0, 0.1) is 0 Å². The first-order valence-corrected chi connectivity index (χ1v) is 6.73. The van der Waals surface area contributed by atoms with Gasteiger partial charge in [0.05, 0.1) is 12.2 Å². The van der Waals surface area contributed by atoms with E-state index in [2.05, 4.69) is 25.9 Å². The summed E-state index contributed by atoms with van der Waals surface area (Å²) in [5.41, 5.74) is -0.143. The van der Waals surface area contributed by atoms with Crippen LogP contribution in [0.3, 0.4) is 0 Å². The molecule has 18 heavy (non-hydrogen) atoms. The molecule has 0 aromatic carbocycles. The van der Waals surface area contributed by atoms with Crippen molar-refractivity contribution in [3.05, 3.63) is 16.5 Å². The van der Waals surface area contributed by atoms with Crippen LogP contribution < -0.4 is 4.90 Å². The molecule has 100 valence electrons. The summed E-state index contributed by atoms with van der Waals surface area (Å²) >= 11 is 3.38. The van der Waals surface area contributed by atoms with E-state index in [1.807, 2.05) is 25.7 Å². The molecule has 0 bridgehead atoms. The number of rotatable bonds is 1. The smallest absolute Gasteiger partial charge is 0.137 e. The van der Waals surface area contributed by atoms with E-state index in [0.717, 1.165) is 11.6 Å². The molecule has 2 atom stereocenters. The SMILES string of the molecule is CC(C)(C)c1nc(Br)cc(N2CC(O)C(O)C2)n1. The zero-order valence-corrected chi connectivity index (χ0v) is 12.3. The molecule has 2 N–H and O–H groups in total. The summed E-state index contributed by atoms with van der Waals surface area (Å²) in [5.74, 6) is 1.47. The number of aromatic nitrogens is 2. The van der Waals surface area contributed by atoms with Gasteiger partial charge in [0.15, 0.2) is 0 Å². The average molecular weight is 316 g/mol. The summed E-state index contributed by atoms with van der Waals surface area (Å²) < 4.78 is 0.716. The third-order valence-electron chi connectivity index (χ3n) is 2.94. The second kappa shape index (κ2) is 4.75. The van der Waals surface area contributed by atoms with E-state index in [9.17, 15) is 10.2 Å². The standard InChI is InChI=1S/C12H18BrN3O2/c1-12(2,3)11-14-9(13)4-10(15-11)16-5-7(17)8(18)6-16/h4,7-8,17-18H,5-6H2,1-3H3. The maximum Gasteiger partial charge on any atom is 0.137 e. The molecule has 1 fully saturated rings. The predicted molar refractivity (Wildman–Crippen MR) is 72.7 cm³/mol. The van der Waals surface area contributed by atoms with Crippen molar-refractivity contribution >= 4 is 21.7 Å². The minimum absolute atomic E-state index is 0.143. The zero-order valence-electron chi connectivity index (χ0n) is 10.8. The second-order valence-corrected chi connectivity index (χ2v) is 6.47. The van der Waals surface area contributed by atoms with Crippen molar-refractivity contribution in [3.8, 4) is 0 Å². The summed E-state index contributed by atoms with van der Waals surface area (Å²) in [5, 5.41) is 19.2. The number of anilines is 1. The highest BCUT2D eigenvalue weighted by molar-refractivity contribution is 9.10. The van der Waals surface area contributed by atoms with Crippen molar-refractivity contribution in [3.63, 3.8) is 0 Å². The van der Waals surface area contributed by atoms with Crippen LogP contribution in [0.5, 0.6) is 0 Å². The molecule has 1 saturated heterocycles. The summed E-state index contributed by atoms with van der Waals surface area (Å²) in [6, 6.07) is 1.81. The first-order chi connectivity index (χ1) is 8.27. The maximum absolute atomic E-state index is 9.58. The normalized spacial score (nSPS) is 24.7. The highest BCUT2D eigenvalue weighted by atomic mass is 79.9. The van der Waals surface area contributed by atoms with Gasteiger partial charge in [0, 0.05) is 24.6 Å². The van der Waals surface area contributed by atoms with Crippen LogP contribution in [0.25, 0.3) is 0 Å². The van der Waals surface area contributed by atoms with Crippen LogP contribution in [-0.4, -0.2) is 45.5 Å². The first kappa shape index (κ1) is 13.7. The quantitative estimate of drug-likeness (QED) is 0.759. The van der Waals surface area contributed by atoms with Gasteiger partial charge >= 0.3 is 0 Å². The third kappa shape index (κ3) is 2.81. The Labute approximate surface area is 115 Å². The molecule has 0 radical (unpaired) electrons. The largest absolute Gasteiger partial charge is 0.389 e. The Kier molecular flexibility index (Phi) is 3.62. The molecular weight excluding hydrogens is 298 g/mol. The lowest BCUT2D eigenvalue weighted by molar-refractivity contribution is 0.0572. The fourth-order valence-corrected chi connectivity index (χ4v) is 2.23. The van der Waals surface area contributed by atoms with E-state index >= 15 is 0 Å². The van der Waals surface area contributed by atoms with Crippen LogP contribution in [0.2, 0.25) is 0 Å². The molecule has 0 amide bonds. The number of aliphatic hydroxyl groups is 2. The molecule has 1 aliphatic rings. The summed E-state index contributed by atoms with van der Waals surface area (Å²) in [6.07, 6.45) is -1.42. The van der Waals surface area contributed by atoms with E-state index < -0.39 is 12.2 Å². The summed E-state index contributed by atoms with van der Waals surface area (Å²) in [6.45, 7) is 6.94. The monoisotopic (exact) mass is 315 g/mol. The maximum atomic E-state index is 9.58. The van der Waals surface area contributed by atoms with E-state index in [0.29, 0.717) is 17.7 Å². The first-order valence-electron chi connectivity index (χ1n) is 5.93. The molecule has 0 aliphatic carbocycles. The van der Waals surface area contributed by atoms with Gasteiger partial charge in [0.1, 0.15) is 16.2 Å². The number of β-amino-alcohol motifs (C(OH)–C–C–N with tert-alkyl or cyclic N) is 2. The van der Waals surface area contributed by atoms with Crippen LogP contribution in [0.1, 0.15) is 26.6 Å². The van der Waals surface area contributed by atoms with Crippen molar-refractivity contribution in [2.45, 2.75) is 38.4 Å². The number of nitrogens with zero attached hydrogens (tertiary/aromatic N) is 3. The Morgan fingerprint density at radius 1 is 1.22 bits per heavy atom. The topological polar surface area (TPSA) is 69.5 Å². The average Bonchev–Trinajstić information content (AvgIpc) is 2.57. The van der Waals surface area contributed by atoms with Gasteiger partial charge in [-0.05, 0) is 15.9 Å². The highest BCUT2D eigenvalue weighted by Crippen LogP contribution is 2.26. The highest BCUT2D eigenvalue weighted by Gasteiger charge is 2.31. The second-order valence-electron chi connectivity index (χ2n) is 5.66. The molecule has 0 spiro atoms. The van der Waals surface area contributed by atoms with Crippen molar-refractivity contribution in [2.24, 2.45) is 0 Å². The Balaban J connectivity index is 2.32. The molecule has 1 aliphatic heterocycles. The van der Waals surface area contributed by atoms with Crippen LogP contribution >= 0.6 is 15.9 Å². The molecule has 6 heteroatoms. The van der Waals surface area contributed by atoms with E-state index in [1.165, 1.54) is 0 Å². The van der Waals surface area contributed by atoms with E-state index in [1.54, 1.807) is 6.07 Å². The zero-order chi connectivity index (χ0) is 13.5. The predicted octanol–water partition coefficient (Wildman–Crippen LogP) is 1.08. The lowest BCUT2D eigenvalue weighted by Gasteiger charge is -2.21. The van der Waals surface area contributed by atoms with Gasteiger partial charge in [-0.15, -0.1) is 0 Å². The van der Waals surface area contributed by atoms with E-state index in [4.69, 9.17) is 0 Å². The lowest BCUT2D eigenvalue weighted by atomic mass is 9.96. The third-order valence-corrected chi connectivity index (χ3v) is 3.34. The summed E-state index contributed by atoms with van der Waals surface area (Å²) in [4.78, 5) is 10.8. The summed E-state index contributed by atoms with van der Waals surface area (Å²) in [7, 11) is 0. The molecular formula is C12H18BrN3O2. The number of halogens is 1. The number of hydrogen-bond acceptors (Lipinski definition) is 5. The molecule has 2 heterocycles. The van der Waals surface area contributed by atoms with Gasteiger partial charge in [0.25, 0.3) is 0 Å². The van der Waals surface area contributed by atoms with Crippen molar-refractivity contribution < 1.29 is 10.2 Å². The van der Waals surface area contributed by atoms with Crippen LogP contribution in [0.15, 0.2) is 10.7 Å². The molecule has 1 aromatic heterocycles. The fourth-order valence-electron chi connectivity index (χ4n) is 1.86. The molecule has 2 unspecified atom stereocenters. The van der Waals surface area contributed by atoms with Gasteiger partial charge in [-0.2, -0.15) is 0 Å². The van der Waals surface area contributed by atoms with Crippen LogP contribution in [0.4, 0.5) is 5.82 Å². The van der Waals surface area contributed by atoms with Gasteiger partial charge in [-0.3, -0.25) is 0 Å². The molecule has 5 nitrogen and oxygen atoms in total. The Hall–Kier alpha value is -0.720. The minimum Gasteiger partial charge on any atom is -0.389 e. The molecule has 0 saturated carbocycles. The van der Waals surface area contributed by atoms with Gasteiger partial charge < -0.3 is 15.1 Å². The Bertz CT molecular complexity index is 437. The minimum atomic E-state index is -0.711.